The number of rotatable bonds is 6. The van der Waals surface area contributed by atoms with Gasteiger partial charge in [-0.05, 0) is 29.9 Å². The largest absolute Gasteiger partial charge is 0.395 e. The van der Waals surface area contributed by atoms with E-state index in [1.807, 2.05) is 18.2 Å². The Balaban J connectivity index is 2.43. The first-order valence-electron chi connectivity index (χ1n) is 6.81. The first kappa shape index (κ1) is 15.2. The zero-order valence-electron chi connectivity index (χ0n) is 12.1. The van der Waals surface area contributed by atoms with Crippen molar-refractivity contribution >= 4 is 0 Å². The Kier molecular flexibility index (Phi) is 5.83. The molecule has 0 amide bonds. The first-order valence-corrected chi connectivity index (χ1v) is 6.81. The molecule has 0 aliphatic carbocycles. The van der Waals surface area contributed by atoms with Crippen LogP contribution in [0.3, 0.4) is 0 Å². The fraction of sp³-hybridized carbons (Fsp3) is 0.625. The Morgan fingerprint density at radius 3 is 2.28 bits per heavy atom. The molecule has 1 rings (SSSR count). The summed E-state index contributed by atoms with van der Waals surface area (Å²) in [6, 6.07) is 10.5. The molecule has 102 valence electrons. The Labute approximate surface area is 111 Å². The Bertz CT molecular complexity index is 329. The molecule has 0 aromatic heterocycles. The highest BCUT2D eigenvalue weighted by Gasteiger charge is 2.20. The third kappa shape index (κ3) is 5.19. The molecule has 1 unspecified atom stereocenters. The van der Waals surface area contributed by atoms with E-state index >= 15 is 0 Å². The summed E-state index contributed by atoms with van der Waals surface area (Å²) in [4.78, 5) is 0. The van der Waals surface area contributed by atoms with Gasteiger partial charge in [0.25, 0.3) is 0 Å². The molecule has 0 aliphatic rings. The van der Waals surface area contributed by atoms with Crippen LogP contribution in [0.4, 0.5) is 0 Å². The van der Waals surface area contributed by atoms with E-state index in [0.717, 1.165) is 13.0 Å². The molecule has 2 heteroatoms. The van der Waals surface area contributed by atoms with Gasteiger partial charge in [-0.1, -0.05) is 58.0 Å². The maximum Gasteiger partial charge on any atom is 0.0587 e. The van der Waals surface area contributed by atoms with Gasteiger partial charge in [0.2, 0.25) is 0 Å². The van der Waals surface area contributed by atoms with E-state index in [4.69, 9.17) is 0 Å². The summed E-state index contributed by atoms with van der Waals surface area (Å²) in [5, 5.41) is 12.9. The highest BCUT2D eigenvalue weighted by molar-refractivity contribution is 5.15. The highest BCUT2D eigenvalue weighted by Crippen LogP contribution is 2.24. The van der Waals surface area contributed by atoms with Gasteiger partial charge in [0.15, 0.2) is 0 Å². The Hall–Kier alpha value is -0.860. The minimum absolute atomic E-state index is 0.150. The third-order valence-corrected chi connectivity index (χ3v) is 3.74. The van der Waals surface area contributed by atoms with Gasteiger partial charge >= 0.3 is 0 Å². The summed E-state index contributed by atoms with van der Waals surface area (Å²) < 4.78 is 0. The normalized spacial score (nSPS) is 15.4. The topological polar surface area (TPSA) is 32.3 Å². The summed E-state index contributed by atoms with van der Waals surface area (Å²) in [6.45, 7) is 10.1. The van der Waals surface area contributed by atoms with Crippen molar-refractivity contribution in [1.29, 1.82) is 0 Å². The summed E-state index contributed by atoms with van der Waals surface area (Å²) >= 11 is 0. The van der Waals surface area contributed by atoms with E-state index in [0.29, 0.717) is 11.3 Å². The summed E-state index contributed by atoms with van der Waals surface area (Å²) in [6.07, 6.45) is 0.883. The molecular weight excluding hydrogens is 222 g/mol. The van der Waals surface area contributed by atoms with Gasteiger partial charge in [-0.3, -0.25) is 0 Å². The molecule has 0 saturated heterocycles. The number of hydrogen-bond acceptors (Lipinski definition) is 2. The minimum Gasteiger partial charge on any atom is -0.395 e. The second-order valence-electron chi connectivity index (χ2n) is 6.24. The maximum absolute atomic E-state index is 9.44. The zero-order valence-corrected chi connectivity index (χ0v) is 12.1. The fourth-order valence-electron chi connectivity index (χ4n) is 1.75. The highest BCUT2D eigenvalue weighted by atomic mass is 16.3. The van der Waals surface area contributed by atoms with Crippen LogP contribution in [0.2, 0.25) is 0 Å². The standard InChI is InChI=1S/C16H27NO/c1-13(16(2,3)4)11-17-15(12-18)10-14-8-6-5-7-9-14/h5-9,13,15,17-18H,10-12H2,1-4H3/t13?,15-/m0/s1. The average Bonchev–Trinajstić information content (AvgIpc) is 2.34. The number of aliphatic hydroxyl groups is 1. The smallest absolute Gasteiger partial charge is 0.0587 e. The summed E-state index contributed by atoms with van der Waals surface area (Å²) in [5.41, 5.74) is 1.58. The van der Waals surface area contributed by atoms with Crippen molar-refractivity contribution < 1.29 is 5.11 Å². The lowest BCUT2D eigenvalue weighted by atomic mass is 9.82. The van der Waals surface area contributed by atoms with Crippen LogP contribution in [0.15, 0.2) is 30.3 Å². The number of aliphatic hydroxyl groups excluding tert-OH is 1. The van der Waals surface area contributed by atoms with Crippen molar-refractivity contribution in [2.45, 2.75) is 40.2 Å². The first-order chi connectivity index (χ1) is 8.43. The van der Waals surface area contributed by atoms with Crippen LogP contribution >= 0.6 is 0 Å². The molecule has 1 aromatic carbocycles. The van der Waals surface area contributed by atoms with E-state index < -0.39 is 0 Å². The number of benzene rings is 1. The van der Waals surface area contributed by atoms with E-state index in [1.165, 1.54) is 5.56 Å². The van der Waals surface area contributed by atoms with Crippen LogP contribution in [-0.2, 0) is 6.42 Å². The summed E-state index contributed by atoms with van der Waals surface area (Å²) in [5.74, 6) is 0.585. The monoisotopic (exact) mass is 249 g/mol. The molecule has 1 aromatic rings. The second-order valence-corrected chi connectivity index (χ2v) is 6.24. The average molecular weight is 249 g/mol. The van der Waals surface area contributed by atoms with Crippen LogP contribution < -0.4 is 5.32 Å². The Morgan fingerprint density at radius 1 is 1.17 bits per heavy atom. The maximum atomic E-state index is 9.44. The van der Waals surface area contributed by atoms with Gasteiger partial charge in [-0.25, -0.2) is 0 Å². The molecule has 2 atom stereocenters. The zero-order chi connectivity index (χ0) is 13.6. The molecule has 18 heavy (non-hydrogen) atoms. The molecule has 2 N–H and O–H groups in total. The molecule has 0 heterocycles. The van der Waals surface area contributed by atoms with Crippen molar-refractivity contribution in [2.75, 3.05) is 13.2 Å². The van der Waals surface area contributed by atoms with Crippen molar-refractivity contribution in [1.82, 2.24) is 5.32 Å². The molecule has 0 radical (unpaired) electrons. The Morgan fingerprint density at radius 2 is 1.78 bits per heavy atom. The third-order valence-electron chi connectivity index (χ3n) is 3.74. The van der Waals surface area contributed by atoms with E-state index in [2.05, 4.69) is 45.1 Å². The molecule has 0 bridgehead atoms. The number of nitrogens with one attached hydrogen (secondary N) is 1. The van der Waals surface area contributed by atoms with Gasteiger partial charge in [0, 0.05) is 6.04 Å². The van der Waals surface area contributed by atoms with Gasteiger partial charge in [0.05, 0.1) is 6.61 Å². The second kappa shape index (κ2) is 6.91. The minimum atomic E-state index is 0.150. The van der Waals surface area contributed by atoms with Crippen molar-refractivity contribution in [2.24, 2.45) is 11.3 Å². The van der Waals surface area contributed by atoms with Crippen LogP contribution in [0, 0.1) is 11.3 Å². The lowest BCUT2D eigenvalue weighted by Crippen LogP contribution is -2.39. The lowest BCUT2D eigenvalue weighted by molar-refractivity contribution is 0.207. The molecule has 0 aliphatic heterocycles. The SMILES string of the molecule is CC(CN[C@H](CO)Cc1ccccc1)C(C)(C)C. The van der Waals surface area contributed by atoms with Crippen molar-refractivity contribution in [3.63, 3.8) is 0 Å². The predicted molar refractivity (Wildman–Crippen MR) is 77.6 cm³/mol. The quantitative estimate of drug-likeness (QED) is 0.812. The molecule has 0 fully saturated rings. The summed E-state index contributed by atoms with van der Waals surface area (Å²) in [7, 11) is 0. The number of hydrogen-bond donors (Lipinski definition) is 2. The van der Waals surface area contributed by atoms with E-state index in [1.54, 1.807) is 0 Å². The van der Waals surface area contributed by atoms with Crippen LogP contribution in [0.1, 0.15) is 33.3 Å². The molecular formula is C16H27NO. The van der Waals surface area contributed by atoms with Crippen molar-refractivity contribution in [3.05, 3.63) is 35.9 Å². The van der Waals surface area contributed by atoms with Crippen LogP contribution in [0.25, 0.3) is 0 Å². The van der Waals surface area contributed by atoms with Gasteiger partial charge in [-0.2, -0.15) is 0 Å². The fourth-order valence-corrected chi connectivity index (χ4v) is 1.75. The van der Waals surface area contributed by atoms with E-state index in [-0.39, 0.29) is 12.6 Å². The predicted octanol–water partition coefficient (Wildman–Crippen LogP) is 2.86. The molecule has 0 saturated carbocycles. The molecule has 0 spiro atoms. The van der Waals surface area contributed by atoms with Crippen molar-refractivity contribution in [3.8, 4) is 0 Å². The van der Waals surface area contributed by atoms with Gasteiger partial charge < -0.3 is 10.4 Å². The van der Waals surface area contributed by atoms with E-state index in [9.17, 15) is 5.11 Å². The van der Waals surface area contributed by atoms with Gasteiger partial charge in [-0.15, -0.1) is 0 Å². The van der Waals surface area contributed by atoms with Crippen LogP contribution in [-0.4, -0.2) is 24.3 Å². The lowest BCUT2D eigenvalue weighted by Gasteiger charge is -2.29. The van der Waals surface area contributed by atoms with Gasteiger partial charge in [0.1, 0.15) is 0 Å². The molecule has 2 nitrogen and oxygen atoms in total. The van der Waals surface area contributed by atoms with Crippen LogP contribution in [0.5, 0.6) is 0 Å².